The van der Waals surface area contributed by atoms with Crippen molar-refractivity contribution in [2.75, 3.05) is 20.7 Å². The maximum atomic E-state index is 11.0. The molecule has 1 aliphatic rings. The minimum Gasteiger partial charge on any atom is -0.492 e. The fourth-order valence-corrected chi connectivity index (χ4v) is 3.60. The minimum absolute atomic E-state index is 0.204. The van der Waals surface area contributed by atoms with E-state index in [4.69, 9.17) is 4.74 Å². The van der Waals surface area contributed by atoms with Gasteiger partial charge in [0.1, 0.15) is 5.75 Å². The number of pyridine rings is 1. The number of hydrogen-bond acceptors (Lipinski definition) is 4. The van der Waals surface area contributed by atoms with E-state index in [2.05, 4.69) is 30.9 Å². The smallest absolute Gasteiger partial charge is 0.137 e. The van der Waals surface area contributed by atoms with Crippen molar-refractivity contribution in [3.05, 3.63) is 24.0 Å². The predicted octanol–water partition coefficient (Wildman–Crippen LogP) is 3.02. The molecule has 4 nitrogen and oxygen atoms in total. The normalized spacial score (nSPS) is 27.6. The molecule has 1 aliphatic carbocycles. The van der Waals surface area contributed by atoms with E-state index in [0.717, 1.165) is 30.6 Å². The molecule has 118 valence electrons. The summed E-state index contributed by atoms with van der Waals surface area (Å²) in [5.74, 6) is 1.37. The van der Waals surface area contributed by atoms with Crippen LogP contribution in [0, 0.1) is 5.92 Å². The van der Waals surface area contributed by atoms with Crippen LogP contribution in [0.3, 0.4) is 0 Å². The zero-order chi connectivity index (χ0) is 15.5. The minimum atomic E-state index is -0.539. The summed E-state index contributed by atoms with van der Waals surface area (Å²) in [5, 5.41) is 11.0. The second kappa shape index (κ2) is 6.75. The van der Waals surface area contributed by atoms with Crippen LogP contribution in [0.15, 0.2) is 18.5 Å². The van der Waals surface area contributed by atoms with Crippen molar-refractivity contribution in [3.63, 3.8) is 0 Å². The Balaban J connectivity index is 2.30. The van der Waals surface area contributed by atoms with Crippen LogP contribution >= 0.6 is 0 Å². The van der Waals surface area contributed by atoms with E-state index >= 15 is 0 Å². The molecule has 1 fully saturated rings. The molecule has 1 heterocycles. The van der Waals surface area contributed by atoms with Gasteiger partial charge in [0.25, 0.3) is 0 Å². The highest BCUT2D eigenvalue weighted by Gasteiger charge is 2.43. The Hall–Kier alpha value is -1.13. The summed E-state index contributed by atoms with van der Waals surface area (Å²) in [7, 11) is 4.14. The number of hydrogen-bond donors (Lipinski definition) is 1. The Kier molecular flexibility index (Phi) is 5.22. The Labute approximate surface area is 128 Å². The van der Waals surface area contributed by atoms with Crippen molar-refractivity contribution >= 4 is 0 Å². The Bertz CT molecular complexity index is 464. The van der Waals surface area contributed by atoms with Crippen LogP contribution in [0.5, 0.6) is 5.75 Å². The molecular formula is C17H28N2O2. The lowest BCUT2D eigenvalue weighted by molar-refractivity contribution is -0.0453. The van der Waals surface area contributed by atoms with Crippen LogP contribution < -0.4 is 4.74 Å². The number of nitrogens with zero attached hydrogens (tertiary/aromatic N) is 2. The van der Waals surface area contributed by atoms with Crippen LogP contribution in [0.25, 0.3) is 0 Å². The summed E-state index contributed by atoms with van der Waals surface area (Å²) in [6, 6.07) is 1.92. The lowest BCUT2D eigenvalue weighted by atomic mass is 9.71. The zero-order valence-corrected chi connectivity index (χ0v) is 13.7. The van der Waals surface area contributed by atoms with Gasteiger partial charge in [0.2, 0.25) is 0 Å². The molecular weight excluding hydrogens is 264 g/mol. The molecule has 0 saturated heterocycles. The van der Waals surface area contributed by atoms with Crippen LogP contribution in [-0.2, 0) is 0 Å². The third-order valence-corrected chi connectivity index (χ3v) is 4.77. The third-order valence-electron chi connectivity index (χ3n) is 4.77. The first-order valence-electron chi connectivity index (χ1n) is 7.93. The number of aliphatic hydroxyl groups is 1. The van der Waals surface area contributed by atoms with Gasteiger partial charge < -0.3 is 14.7 Å². The average Bonchev–Trinajstić information content (AvgIpc) is 2.47. The molecule has 1 aromatic rings. The molecule has 0 amide bonds. The Morgan fingerprint density at radius 2 is 2.24 bits per heavy atom. The monoisotopic (exact) mass is 292 g/mol. The van der Waals surface area contributed by atoms with E-state index in [1.165, 1.54) is 6.42 Å². The molecule has 0 aromatic carbocycles. The highest BCUT2D eigenvalue weighted by atomic mass is 16.5. The van der Waals surface area contributed by atoms with Crippen molar-refractivity contribution in [1.29, 1.82) is 0 Å². The van der Waals surface area contributed by atoms with E-state index in [9.17, 15) is 5.11 Å². The number of aromatic nitrogens is 1. The third kappa shape index (κ3) is 3.38. The fourth-order valence-electron chi connectivity index (χ4n) is 3.60. The average molecular weight is 292 g/mol. The fraction of sp³-hybridized carbons (Fsp3) is 0.706. The summed E-state index contributed by atoms with van der Waals surface area (Å²) in [6.45, 7) is 4.84. The lowest BCUT2D eigenvalue weighted by Crippen LogP contribution is -2.52. The number of likely N-dealkylation sites (N-methyl/N-ethyl adjacent to an activating group) is 1. The first-order chi connectivity index (χ1) is 9.99. The molecule has 0 bridgehead atoms. The van der Waals surface area contributed by atoms with Crippen LogP contribution in [0.2, 0.25) is 0 Å². The topological polar surface area (TPSA) is 45.6 Å². The van der Waals surface area contributed by atoms with Crippen molar-refractivity contribution in [2.45, 2.75) is 51.2 Å². The Morgan fingerprint density at radius 1 is 1.48 bits per heavy atom. The van der Waals surface area contributed by atoms with Gasteiger partial charge in [0.15, 0.2) is 0 Å². The highest BCUT2D eigenvalue weighted by Crippen LogP contribution is 2.44. The molecule has 3 unspecified atom stereocenters. The molecule has 0 aliphatic heterocycles. The van der Waals surface area contributed by atoms with Gasteiger partial charge in [-0.05, 0) is 45.8 Å². The van der Waals surface area contributed by atoms with Gasteiger partial charge in [-0.2, -0.15) is 0 Å². The summed E-state index contributed by atoms with van der Waals surface area (Å²) in [6.07, 6.45) is 7.37. The van der Waals surface area contributed by atoms with Gasteiger partial charge in [-0.3, -0.25) is 4.98 Å². The van der Waals surface area contributed by atoms with Gasteiger partial charge in [0, 0.05) is 11.8 Å². The zero-order valence-electron chi connectivity index (χ0n) is 13.7. The molecule has 2 rings (SSSR count). The quantitative estimate of drug-likeness (QED) is 0.906. The van der Waals surface area contributed by atoms with Gasteiger partial charge in [-0.1, -0.05) is 19.8 Å². The summed E-state index contributed by atoms with van der Waals surface area (Å²) in [5.41, 5.74) is 0.647. The maximum absolute atomic E-state index is 11.0. The molecule has 4 heteroatoms. The SMILES string of the molecule is CCOc1cncc(C(O)C2(N(C)C)CCCC(C)C2)c1. The molecule has 3 atom stereocenters. The van der Waals surface area contributed by atoms with Gasteiger partial charge in [-0.25, -0.2) is 0 Å². The van der Waals surface area contributed by atoms with Crippen LogP contribution in [0.4, 0.5) is 0 Å². The second-order valence-corrected chi connectivity index (χ2v) is 6.49. The first-order valence-corrected chi connectivity index (χ1v) is 7.93. The number of aliphatic hydroxyl groups excluding tert-OH is 1. The van der Waals surface area contributed by atoms with Gasteiger partial charge >= 0.3 is 0 Å². The summed E-state index contributed by atoms with van der Waals surface area (Å²) in [4.78, 5) is 6.42. The van der Waals surface area contributed by atoms with E-state index in [-0.39, 0.29) is 5.54 Å². The van der Waals surface area contributed by atoms with Crippen LogP contribution in [0.1, 0.15) is 51.2 Å². The van der Waals surface area contributed by atoms with Crippen molar-refractivity contribution in [2.24, 2.45) is 5.92 Å². The maximum Gasteiger partial charge on any atom is 0.137 e. The predicted molar refractivity (Wildman–Crippen MR) is 84.4 cm³/mol. The van der Waals surface area contributed by atoms with E-state index < -0.39 is 6.10 Å². The standard InChI is InChI=1S/C17H28N2O2/c1-5-21-15-9-14(11-18-12-15)16(20)17(19(3)4)8-6-7-13(2)10-17/h9,11-13,16,20H,5-8,10H2,1-4H3. The summed E-state index contributed by atoms with van der Waals surface area (Å²) < 4.78 is 5.51. The van der Waals surface area contributed by atoms with Crippen molar-refractivity contribution in [3.8, 4) is 5.75 Å². The molecule has 0 radical (unpaired) electrons. The lowest BCUT2D eigenvalue weighted by Gasteiger charge is -2.48. The molecule has 1 N–H and O–H groups in total. The summed E-state index contributed by atoms with van der Waals surface area (Å²) >= 11 is 0. The molecule has 0 spiro atoms. The highest BCUT2D eigenvalue weighted by molar-refractivity contribution is 5.27. The number of ether oxygens (including phenoxy) is 1. The van der Waals surface area contributed by atoms with Gasteiger partial charge in [-0.15, -0.1) is 0 Å². The molecule has 21 heavy (non-hydrogen) atoms. The second-order valence-electron chi connectivity index (χ2n) is 6.49. The largest absolute Gasteiger partial charge is 0.492 e. The van der Waals surface area contributed by atoms with E-state index in [0.29, 0.717) is 12.5 Å². The number of rotatable bonds is 5. The van der Waals surface area contributed by atoms with Crippen molar-refractivity contribution < 1.29 is 9.84 Å². The van der Waals surface area contributed by atoms with Crippen molar-refractivity contribution in [1.82, 2.24) is 9.88 Å². The van der Waals surface area contributed by atoms with Gasteiger partial charge in [0.05, 0.1) is 24.4 Å². The molecule has 1 aromatic heterocycles. The van der Waals surface area contributed by atoms with E-state index in [1.807, 2.05) is 13.0 Å². The molecule has 1 saturated carbocycles. The Morgan fingerprint density at radius 3 is 2.86 bits per heavy atom. The first kappa shape index (κ1) is 16.2. The van der Waals surface area contributed by atoms with E-state index in [1.54, 1.807) is 12.4 Å². The van der Waals surface area contributed by atoms with Crippen LogP contribution in [-0.4, -0.2) is 41.2 Å².